The van der Waals surface area contributed by atoms with E-state index in [-0.39, 0.29) is 6.03 Å². The van der Waals surface area contributed by atoms with Gasteiger partial charge in [0, 0.05) is 11.4 Å². The summed E-state index contributed by atoms with van der Waals surface area (Å²) >= 11 is 7.05. The van der Waals surface area contributed by atoms with E-state index in [0.29, 0.717) is 6.54 Å². The zero-order valence-corrected chi connectivity index (χ0v) is 18.6. The number of carbonyl (C=O) groups excluding carboxylic acids is 1. The second kappa shape index (κ2) is 9.35. The molecule has 0 fully saturated rings. The van der Waals surface area contributed by atoms with Crippen LogP contribution in [0.5, 0.6) is 0 Å². The lowest BCUT2D eigenvalue weighted by Gasteiger charge is -2.11. The fourth-order valence-corrected chi connectivity index (χ4v) is 6.16. The summed E-state index contributed by atoms with van der Waals surface area (Å²) in [5.74, 6) is 0. The maximum atomic E-state index is 12.4. The van der Waals surface area contributed by atoms with Gasteiger partial charge in [-0.15, -0.1) is 22.7 Å². The van der Waals surface area contributed by atoms with E-state index in [1.165, 1.54) is 40.0 Å². The summed E-state index contributed by atoms with van der Waals surface area (Å²) in [6.45, 7) is 6.72. The number of thiophene rings is 2. The van der Waals surface area contributed by atoms with Crippen LogP contribution in [-0.4, -0.2) is 19.1 Å². The highest BCUT2D eigenvalue weighted by atomic mass is 79.9. The van der Waals surface area contributed by atoms with Crippen LogP contribution in [-0.2, 0) is 25.8 Å². The second-order valence-electron chi connectivity index (χ2n) is 6.59. The minimum absolute atomic E-state index is 0.123. The van der Waals surface area contributed by atoms with E-state index in [2.05, 4.69) is 51.1 Å². The molecule has 2 aromatic rings. The number of carbonyl (C=O) groups is 1. The van der Waals surface area contributed by atoms with Crippen molar-refractivity contribution in [3.8, 4) is 0 Å². The van der Waals surface area contributed by atoms with Crippen LogP contribution in [0, 0.1) is 6.92 Å². The lowest BCUT2D eigenvalue weighted by atomic mass is 9.96. The number of fused-ring (bicyclic) bond motifs is 1. The van der Waals surface area contributed by atoms with Gasteiger partial charge >= 0.3 is 6.03 Å². The topological polar surface area (TPSA) is 53.2 Å². The Morgan fingerprint density at radius 3 is 2.88 bits per heavy atom. The molecule has 0 atom stereocenters. The lowest BCUT2D eigenvalue weighted by molar-refractivity contribution is 0.252. The van der Waals surface area contributed by atoms with Gasteiger partial charge in [-0.2, -0.15) is 0 Å². The minimum Gasteiger partial charge on any atom is -0.334 e. The Bertz CT molecular complexity index is 769. The normalized spacial score (nSPS) is 13.5. The highest BCUT2D eigenvalue weighted by Gasteiger charge is 2.19. The van der Waals surface area contributed by atoms with Crippen molar-refractivity contribution in [2.24, 2.45) is 0 Å². The first-order chi connectivity index (χ1) is 12.6. The number of anilines is 1. The quantitative estimate of drug-likeness (QED) is 0.500. The molecule has 0 saturated heterocycles. The van der Waals surface area contributed by atoms with E-state index in [1.807, 2.05) is 0 Å². The van der Waals surface area contributed by atoms with Crippen molar-refractivity contribution in [3.05, 3.63) is 36.3 Å². The molecule has 0 aromatic carbocycles. The van der Waals surface area contributed by atoms with Crippen LogP contribution in [0.3, 0.4) is 0 Å². The van der Waals surface area contributed by atoms with Gasteiger partial charge in [-0.05, 0) is 95.7 Å². The third-order valence-electron chi connectivity index (χ3n) is 4.84. The number of hydrogen-bond acceptors (Lipinski definition) is 4. The molecule has 0 spiro atoms. The van der Waals surface area contributed by atoms with Gasteiger partial charge in [0.05, 0.1) is 8.79 Å². The number of nitrogens with one attached hydrogen (secondary N) is 3. The van der Waals surface area contributed by atoms with Crippen molar-refractivity contribution in [2.45, 2.75) is 52.5 Å². The fourth-order valence-electron chi connectivity index (χ4n) is 3.34. The molecule has 2 heterocycles. The van der Waals surface area contributed by atoms with E-state index in [9.17, 15) is 4.79 Å². The molecular weight excluding hydrogens is 430 g/mol. The van der Waals surface area contributed by atoms with Crippen LogP contribution in [0.2, 0.25) is 0 Å². The average molecular weight is 456 g/mol. The smallest absolute Gasteiger partial charge is 0.320 e. The van der Waals surface area contributed by atoms with Crippen LogP contribution in [0.15, 0.2) is 9.17 Å². The van der Waals surface area contributed by atoms with E-state index in [1.54, 1.807) is 22.7 Å². The highest BCUT2D eigenvalue weighted by molar-refractivity contribution is 9.11. The maximum absolute atomic E-state index is 12.4. The van der Waals surface area contributed by atoms with Crippen molar-refractivity contribution < 1.29 is 4.79 Å². The summed E-state index contributed by atoms with van der Waals surface area (Å²) in [5.41, 5.74) is 5.20. The second-order valence-corrected chi connectivity index (χ2v) is 9.89. The summed E-state index contributed by atoms with van der Waals surface area (Å²) in [4.78, 5) is 13.9. The lowest BCUT2D eigenvalue weighted by Crippen LogP contribution is -2.28. The van der Waals surface area contributed by atoms with Crippen molar-refractivity contribution in [3.63, 3.8) is 0 Å². The van der Waals surface area contributed by atoms with Gasteiger partial charge in [0.1, 0.15) is 0 Å². The van der Waals surface area contributed by atoms with Crippen molar-refractivity contribution >= 4 is 49.6 Å². The first kappa shape index (κ1) is 19.9. The fraction of sp³-hybridized carbons (Fsp3) is 0.526. The summed E-state index contributed by atoms with van der Waals surface area (Å²) < 4.78 is 1.10. The van der Waals surface area contributed by atoms with Gasteiger partial charge in [0.2, 0.25) is 0 Å². The van der Waals surface area contributed by atoms with E-state index < -0.39 is 0 Å². The maximum Gasteiger partial charge on any atom is 0.320 e. The Hall–Kier alpha value is -0.890. The summed E-state index contributed by atoms with van der Waals surface area (Å²) in [5, 5.41) is 12.6. The molecule has 0 aliphatic heterocycles. The zero-order valence-electron chi connectivity index (χ0n) is 15.3. The molecule has 0 saturated carbocycles. The summed E-state index contributed by atoms with van der Waals surface area (Å²) in [7, 11) is 0. The number of halogens is 1. The molecular formula is C19H26BrN3OS2. The molecule has 0 unspecified atom stereocenters. The predicted molar refractivity (Wildman–Crippen MR) is 116 cm³/mol. The number of rotatable bonds is 7. The zero-order chi connectivity index (χ0) is 18.5. The van der Waals surface area contributed by atoms with Gasteiger partial charge < -0.3 is 10.6 Å². The molecule has 4 nitrogen and oxygen atoms in total. The molecule has 0 bridgehead atoms. The SMILES string of the molecule is CCNCCc1csc(Br)c1CNC(=O)Nc1sc2c(c1C)CCCC2. The molecule has 7 heteroatoms. The van der Waals surface area contributed by atoms with Crippen LogP contribution < -0.4 is 16.0 Å². The predicted octanol–water partition coefficient (Wildman–Crippen LogP) is 5.23. The number of amides is 2. The van der Waals surface area contributed by atoms with Gasteiger partial charge in [-0.25, -0.2) is 4.79 Å². The molecule has 1 aliphatic rings. The van der Waals surface area contributed by atoms with Crippen molar-refractivity contribution in [1.29, 1.82) is 0 Å². The van der Waals surface area contributed by atoms with Crippen LogP contribution in [0.1, 0.15) is 46.9 Å². The Morgan fingerprint density at radius 1 is 1.31 bits per heavy atom. The number of urea groups is 1. The Labute approximate surface area is 171 Å². The standard InChI is InChI=1S/C19H26BrN3OS2/c1-3-21-9-8-13-11-25-17(20)15(13)10-22-19(24)23-18-12(2)14-6-4-5-7-16(14)26-18/h11,21H,3-10H2,1-2H3,(H2,22,23,24). The minimum atomic E-state index is -0.123. The van der Waals surface area contributed by atoms with Crippen LogP contribution >= 0.6 is 38.6 Å². The molecule has 142 valence electrons. The van der Waals surface area contributed by atoms with E-state index in [0.717, 1.165) is 41.1 Å². The van der Waals surface area contributed by atoms with Gasteiger partial charge in [0.15, 0.2) is 0 Å². The van der Waals surface area contributed by atoms with Gasteiger partial charge in [0.25, 0.3) is 0 Å². The molecule has 3 rings (SSSR count). The van der Waals surface area contributed by atoms with E-state index >= 15 is 0 Å². The molecule has 26 heavy (non-hydrogen) atoms. The molecule has 2 amide bonds. The van der Waals surface area contributed by atoms with Crippen LogP contribution in [0.4, 0.5) is 9.80 Å². The summed E-state index contributed by atoms with van der Waals surface area (Å²) in [6, 6.07) is -0.123. The largest absolute Gasteiger partial charge is 0.334 e. The molecule has 2 aromatic heterocycles. The average Bonchev–Trinajstić information content (AvgIpc) is 3.14. The summed E-state index contributed by atoms with van der Waals surface area (Å²) in [6.07, 6.45) is 5.81. The first-order valence-corrected chi connectivity index (χ1v) is 11.7. The van der Waals surface area contributed by atoms with Gasteiger partial charge in [-0.3, -0.25) is 5.32 Å². The number of likely N-dealkylation sites (N-methyl/N-ethyl adjacent to an activating group) is 1. The van der Waals surface area contributed by atoms with Crippen LogP contribution in [0.25, 0.3) is 0 Å². The van der Waals surface area contributed by atoms with Crippen molar-refractivity contribution in [2.75, 3.05) is 18.4 Å². The molecule has 3 N–H and O–H groups in total. The third kappa shape index (κ3) is 4.68. The monoisotopic (exact) mass is 455 g/mol. The van der Waals surface area contributed by atoms with Gasteiger partial charge in [-0.1, -0.05) is 6.92 Å². The number of aryl methyl sites for hydroxylation is 1. The third-order valence-corrected chi connectivity index (χ3v) is 8.04. The number of hydrogen-bond donors (Lipinski definition) is 3. The Kier molecular flexibility index (Phi) is 7.14. The molecule has 1 aliphatic carbocycles. The Morgan fingerprint density at radius 2 is 2.12 bits per heavy atom. The van der Waals surface area contributed by atoms with E-state index in [4.69, 9.17) is 0 Å². The van der Waals surface area contributed by atoms with Crippen molar-refractivity contribution in [1.82, 2.24) is 10.6 Å². The first-order valence-electron chi connectivity index (χ1n) is 9.21. The highest BCUT2D eigenvalue weighted by Crippen LogP contribution is 2.37. The Balaban J connectivity index is 1.58. The molecule has 0 radical (unpaired) electrons.